The van der Waals surface area contributed by atoms with Crippen molar-refractivity contribution in [1.29, 1.82) is 0 Å². The van der Waals surface area contributed by atoms with Gasteiger partial charge in [0.15, 0.2) is 24.1 Å². The van der Waals surface area contributed by atoms with E-state index >= 15 is 0 Å². The molecule has 8 atom stereocenters. The predicted molar refractivity (Wildman–Crippen MR) is 259 cm³/mol. The average Bonchev–Trinajstić information content (AvgIpc) is 4.13. The van der Waals surface area contributed by atoms with E-state index in [1.807, 2.05) is 86.1 Å². The number of halogens is 4. The number of nitrogens with zero attached hydrogens (tertiary/aromatic N) is 10. The minimum absolute atomic E-state index is 0.0188. The van der Waals surface area contributed by atoms with E-state index in [1.165, 1.54) is 0 Å². The van der Waals surface area contributed by atoms with Crippen LogP contribution in [-0.2, 0) is 18.9 Å². The van der Waals surface area contributed by atoms with Crippen LogP contribution < -0.4 is 15.2 Å². The third-order valence-electron chi connectivity index (χ3n) is 11.6. The molecule has 3 fully saturated rings. The number of aliphatic imine (C=N–C) groups is 1. The first-order valence-electron chi connectivity index (χ1n) is 21.5. The van der Waals surface area contributed by atoms with Crippen molar-refractivity contribution in [2.24, 2.45) is 4.99 Å². The summed E-state index contributed by atoms with van der Waals surface area (Å²) in [7, 11) is 3.76. The molecule has 19 nitrogen and oxygen atoms in total. The van der Waals surface area contributed by atoms with Crippen LogP contribution in [0.1, 0.15) is 26.3 Å². The Morgan fingerprint density at radius 1 is 0.710 bits per heavy atom. The summed E-state index contributed by atoms with van der Waals surface area (Å²) in [4.78, 5) is 31.8. The van der Waals surface area contributed by atoms with Crippen LogP contribution in [0, 0.1) is 0 Å². The highest BCUT2D eigenvalue weighted by Crippen LogP contribution is 2.45. The quantitative estimate of drug-likeness (QED) is 0.0682. The van der Waals surface area contributed by atoms with Crippen molar-refractivity contribution in [2.45, 2.75) is 68.7 Å². The molecule has 0 saturated carbocycles. The Labute approximate surface area is 413 Å². The van der Waals surface area contributed by atoms with Gasteiger partial charge in [0, 0.05) is 61.8 Å². The van der Waals surface area contributed by atoms with E-state index in [0.29, 0.717) is 44.0 Å². The second kappa shape index (κ2) is 18.9. The molecule has 3 aliphatic heterocycles. The Bertz CT molecular complexity index is 3250. The van der Waals surface area contributed by atoms with Crippen LogP contribution in [-0.4, -0.2) is 130 Å². The number of fused-ring (bicyclic) bond motifs is 5. The van der Waals surface area contributed by atoms with E-state index in [9.17, 15) is 10.2 Å². The van der Waals surface area contributed by atoms with Crippen LogP contribution in [0.2, 0.25) is 20.6 Å². The zero-order valence-corrected chi connectivity index (χ0v) is 40.1. The fourth-order valence-corrected chi connectivity index (χ4v) is 9.16. The van der Waals surface area contributed by atoms with Crippen LogP contribution >= 0.6 is 46.4 Å². The van der Waals surface area contributed by atoms with Gasteiger partial charge in [-0.2, -0.15) is 15.0 Å². The largest absolute Gasteiger partial charge is 0.491 e. The minimum atomic E-state index is -1.21. The summed E-state index contributed by atoms with van der Waals surface area (Å²) < 4.78 is 40.3. The Morgan fingerprint density at radius 2 is 1.26 bits per heavy atom. The highest BCUT2D eigenvalue weighted by molar-refractivity contribution is 6.31. The number of hydrogen-bond donors (Lipinski definition) is 3. The summed E-state index contributed by atoms with van der Waals surface area (Å²) in [5, 5.41) is 25.4. The van der Waals surface area contributed by atoms with E-state index in [1.54, 1.807) is 47.7 Å². The first kappa shape index (κ1) is 47.0. The Kier molecular flexibility index (Phi) is 12.9. The number of aliphatic hydroxyl groups is 2. The highest BCUT2D eigenvalue weighted by Gasteiger charge is 2.56. The van der Waals surface area contributed by atoms with Gasteiger partial charge < -0.3 is 58.4 Å². The molecule has 3 saturated heterocycles. The molecular formula is C46H43Cl4N11O8. The van der Waals surface area contributed by atoms with Gasteiger partial charge in [-0.25, -0.2) is 9.98 Å². The maximum atomic E-state index is 10.6. The third-order valence-corrected chi connectivity index (χ3v) is 12.3. The fourth-order valence-electron chi connectivity index (χ4n) is 8.50. The molecule has 11 rings (SSSR count). The van der Waals surface area contributed by atoms with E-state index in [4.69, 9.17) is 80.6 Å². The van der Waals surface area contributed by atoms with Crippen molar-refractivity contribution >= 4 is 108 Å². The minimum Gasteiger partial charge on any atom is -0.491 e. The molecule has 9 heterocycles. The van der Waals surface area contributed by atoms with Gasteiger partial charge in [-0.05, 0) is 85.6 Å². The molecule has 0 radical (unpaired) electrons. The van der Waals surface area contributed by atoms with Gasteiger partial charge in [0.2, 0.25) is 10.6 Å². The van der Waals surface area contributed by atoms with Crippen LogP contribution in [0.4, 0.5) is 11.6 Å². The highest BCUT2D eigenvalue weighted by atomic mass is 35.5. The van der Waals surface area contributed by atoms with Crippen molar-refractivity contribution in [3.05, 3.63) is 106 Å². The summed E-state index contributed by atoms with van der Waals surface area (Å²) in [6.45, 7) is 4.05. The lowest BCUT2D eigenvalue weighted by Crippen LogP contribution is -2.34. The smallest absolute Gasteiger partial charge is 0.226 e. The summed E-state index contributed by atoms with van der Waals surface area (Å²) in [5.74, 6) is 1.13. The monoisotopic (exact) mass is 1020 g/mol. The number of nitrogen functional groups attached to an aromatic ring is 1. The number of rotatable bonds is 10. The molecule has 69 heavy (non-hydrogen) atoms. The molecule has 0 bridgehead atoms. The maximum Gasteiger partial charge on any atom is 0.226 e. The zero-order chi connectivity index (χ0) is 48.3. The molecule has 23 heteroatoms. The summed E-state index contributed by atoms with van der Waals surface area (Å²) in [6.07, 6.45) is 2.64. The number of anilines is 1. The number of benzene rings is 2. The van der Waals surface area contributed by atoms with Crippen LogP contribution in [0.3, 0.4) is 0 Å². The van der Waals surface area contributed by atoms with Crippen LogP contribution in [0.15, 0.2) is 90.4 Å². The Balaban J connectivity index is 0.000000164. The lowest BCUT2D eigenvalue weighted by atomic mass is 10.1. The second-order valence-corrected chi connectivity index (χ2v) is 18.7. The zero-order valence-electron chi connectivity index (χ0n) is 37.1. The first-order valence-corrected chi connectivity index (χ1v) is 23.0. The molecular weight excluding hydrogens is 976 g/mol. The van der Waals surface area contributed by atoms with Gasteiger partial charge in [-0.3, -0.25) is 9.97 Å². The van der Waals surface area contributed by atoms with Crippen molar-refractivity contribution in [1.82, 2.24) is 43.9 Å². The van der Waals surface area contributed by atoms with Gasteiger partial charge >= 0.3 is 0 Å². The SMILES string of the molecule is CN(C)C=Nc1nc(Cl)nc2c1ccn2[C@@H]1O[C@H](COc2ccc3cc(Cl)cnc3c2)[C@H]2OC(C)(C)O[C@H]21.Nc1nc(Cl)nc2c1ccn2[C@@H]1O[C@H](COc2ccc3cc(Cl)cnc3c2)[C@@H](O)[C@H]1O. The average molecular weight is 1020 g/mol. The lowest BCUT2D eigenvalue weighted by Gasteiger charge is -2.25. The van der Waals surface area contributed by atoms with Crippen molar-refractivity contribution in [2.75, 3.05) is 33.0 Å². The Hall–Kier alpha value is -5.71. The van der Waals surface area contributed by atoms with Crippen molar-refractivity contribution in [3.8, 4) is 11.5 Å². The molecule has 358 valence electrons. The maximum absolute atomic E-state index is 10.6. The predicted octanol–water partition coefficient (Wildman–Crippen LogP) is 7.57. The van der Waals surface area contributed by atoms with Gasteiger partial charge in [0.05, 0.1) is 38.2 Å². The van der Waals surface area contributed by atoms with Crippen LogP contribution in [0.25, 0.3) is 43.9 Å². The molecule has 0 unspecified atom stereocenters. The molecule has 0 aliphatic carbocycles. The molecule has 0 spiro atoms. The molecule has 0 amide bonds. The van der Waals surface area contributed by atoms with Gasteiger partial charge in [0.25, 0.3) is 0 Å². The van der Waals surface area contributed by atoms with Gasteiger partial charge in [-0.15, -0.1) is 0 Å². The van der Waals surface area contributed by atoms with E-state index in [0.717, 1.165) is 27.2 Å². The summed E-state index contributed by atoms with van der Waals surface area (Å²) in [5.41, 5.74) is 8.39. The molecule has 8 aromatic rings. The van der Waals surface area contributed by atoms with E-state index in [2.05, 4.69) is 34.9 Å². The number of aliphatic hydroxyl groups excluding tert-OH is 2. The summed E-state index contributed by atoms with van der Waals surface area (Å²) >= 11 is 24.2. The first-order chi connectivity index (χ1) is 33.1. The van der Waals surface area contributed by atoms with E-state index < -0.39 is 48.8 Å². The van der Waals surface area contributed by atoms with Crippen LogP contribution in [0.5, 0.6) is 11.5 Å². The molecule has 2 aromatic carbocycles. The standard InChI is InChI=1S/C26H26Cl2N6O4.C20H17Cl2N5O4/c1-26(2)37-20-19(12-35-16-6-5-14-9-15(27)11-29-18(14)10-16)36-24(21(20)38-26)34-8-7-17-22(30-13-33(3)4)31-25(28)32-23(17)34;21-10-5-9-1-2-11(6-13(9)24-7-10)30-8-14-15(28)16(29)19(31-14)27-4-3-12-17(23)25-20(22)26-18(12)27/h5-11,13,19-21,24H,12H2,1-4H3;1-7,14-16,19,28-29H,8H2,(H2,23,25,26)/t19-,20-,21-,24-;14-,15-,16-,19-/m11/s1. The summed E-state index contributed by atoms with van der Waals surface area (Å²) in [6, 6.07) is 18.3. The number of nitrogens with two attached hydrogens (primary N) is 1. The van der Waals surface area contributed by atoms with Gasteiger partial charge in [-0.1, -0.05) is 23.2 Å². The third kappa shape index (κ3) is 9.64. The molecule has 4 N–H and O–H groups in total. The lowest BCUT2D eigenvalue weighted by molar-refractivity contribution is -0.198. The van der Waals surface area contributed by atoms with Crippen molar-refractivity contribution in [3.63, 3.8) is 0 Å². The normalized spacial score (nSPS) is 24.1. The van der Waals surface area contributed by atoms with E-state index in [-0.39, 0.29) is 35.7 Å². The number of pyridine rings is 2. The van der Waals surface area contributed by atoms with Crippen molar-refractivity contribution < 1.29 is 38.6 Å². The van der Waals surface area contributed by atoms with Gasteiger partial charge in [0.1, 0.15) is 78.4 Å². The molecule has 6 aromatic heterocycles. The Morgan fingerprint density at radius 3 is 1.90 bits per heavy atom. The number of aromatic nitrogens is 8. The number of ether oxygens (including phenoxy) is 6. The topological polar surface area (TPSA) is 225 Å². The number of hydrogen-bond acceptors (Lipinski definition) is 16. The fraction of sp³-hybridized carbons (Fsp3) is 0.326. The second-order valence-electron chi connectivity index (χ2n) is 17.1. The molecule has 3 aliphatic rings.